The maximum absolute atomic E-state index is 13.5. The van der Waals surface area contributed by atoms with E-state index in [0.29, 0.717) is 6.61 Å². The molecular formula is C33H41NO7. The molecule has 0 aliphatic carbocycles. The second-order valence-corrected chi connectivity index (χ2v) is 11.4. The Labute approximate surface area is 242 Å². The first-order chi connectivity index (χ1) is 19.7. The number of benzene rings is 3. The lowest BCUT2D eigenvalue weighted by Gasteiger charge is -2.51. The lowest BCUT2D eigenvalue weighted by atomic mass is 9.83. The van der Waals surface area contributed by atoms with Crippen molar-refractivity contribution in [2.24, 2.45) is 0 Å². The molecule has 0 aromatic heterocycles. The fourth-order valence-corrected chi connectivity index (χ4v) is 4.88. The Morgan fingerprint density at radius 3 is 1.80 bits per heavy atom. The Kier molecular flexibility index (Phi) is 10.5. The van der Waals surface area contributed by atoms with Crippen molar-refractivity contribution in [3.63, 3.8) is 0 Å². The molecule has 8 heteroatoms. The van der Waals surface area contributed by atoms with Gasteiger partial charge in [-0.15, -0.1) is 0 Å². The van der Waals surface area contributed by atoms with Crippen LogP contribution in [0, 0.1) is 0 Å². The van der Waals surface area contributed by atoms with Crippen LogP contribution < -0.4 is 0 Å². The molecule has 0 bridgehead atoms. The molecule has 4 rings (SSSR count). The number of ether oxygens (including phenoxy) is 4. The van der Waals surface area contributed by atoms with Gasteiger partial charge >= 0.3 is 6.09 Å². The molecule has 0 spiro atoms. The number of piperidine rings is 1. The first kappa shape index (κ1) is 30.7. The third-order valence-corrected chi connectivity index (χ3v) is 6.91. The van der Waals surface area contributed by atoms with Gasteiger partial charge < -0.3 is 29.2 Å². The number of aliphatic hydroxyl groups excluding tert-OH is 1. The van der Waals surface area contributed by atoms with Crippen LogP contribution in [0.3, 0.4) is 0 Å². The average molecular weight is 564 g/mol. The van der Waals surface area contributed by atoms with Crippen LogP contribution in [-0.2, 0) is 38.8 Å². The quantitative estimate of drug-likeness (QED) is 0.349. The molecule has 1 aliphatic heterocycles. The van der Waals surface area contributed by atoms with Gasteiger partial charge in [-0.1, -0.05) is 91.0 Å². The Morgan fingerprint density at radius 1 is 0.829 bits per heavy atom. The highest BCUT2D eigenvalue weighted by molar-refractivity contribution is 5.69. The van der Waals surface area contributed by atoms with Gasteiger partial charge in [-0.25, -0.2) is 4.79 Å². The van der Waals surface area contributed by atoms with Crippen molar-refractivity contribution in [3.05, 3.63) is 108 Å². The van der Waals surface area contributed by atoms with Crippen molar-refractivity contribution >= 4 is 6.09 Å². The molecule has 2 N–H and O–H groups in total. The highest BCUT2D eigenvalue weighted by atomic mass is 16.6. The molecule has 1 heterocycles. The van der Waals surface area contributed by atoms with Crippen molar-refractivity contribution in [2.75, 3.05) is 19.8 Å². The lowest BCUT2D eigenvalue weighted by molar-refractivity contribution is -0.240. The number of nitrogens with zero attached hydrogens (tertiary/aromatic N) is 1. The summed E-state index contributed by atoms with van der Waals surface area (Å²) in [5.74, 6) is 0. The number of hydrogen-bond acceptors (Lipinski definition) is 7. The van der Waals surface area contributed by atoms with E-state index < -0.39 is 42.2 Å². The van der Waals surface area contributed by atoms with Crippen LogP contribution in [0.5, 0.6) is 0 Å². The van der Waals surface area contributed by atoms with Crippen molar-refractivity contribution in [3.8, 4) is 0 Å². The number of hydrogen-bond donors (Lipinski definition) is 2. The molecule has 3 aromatic carbocycles. The predicted octanol–water partition coefficient (Wildman–Crippen LogP) is 4.72. The zero-order chi connectivity index (χ0) is 29.3. The van der Waals surface area contributed by atoms with Crippen LogP contribution in [0.4, 0.5) is 4.79 Å². The third kappa shape index (κ3) is 8.61. The molecule has 0 radical (unpaired) electrons. The van der Waals surface area contributed by atoms with Crippen LogP contribution in [0.1, 0.15) is 37.5 Å². The van der Waals surface area contributed by atoms with E-state index in [-0.39, 0.29) is 26.4 Å². The summed E-state index contributed by atoms with van der Waals surface area (Å²) in [6, 6.07) is 28.3. The van der Waals surface area contributed by atoms with Gasteiger partial charge in [0.1, 0.15) is 23.4 Å². The van der Waals surface area contributed by atoms with E-state index in [1.54, 1.807) is 20.8 Å². The van der Waals surface area contributed by atoms with Gasteiger partial charge in [-0.2, -0.15) is 0 Å². The number of amides is 1. The Hall–Kier alpha value is -3.27. The summed E-state index contributed by atoms with van der Waals surface area (Å²) in [6.45, 7) is 5.29. The van der Waals surface area contributed by atoms with Crippen LogP contribution in [-0.4, -0.2) is 70.4 Å². The normalized spacial score (nSPS) is 22.9. The molecule has 0 saturated carbocycles. The van der Waals surface area contributed by atoms with Crippen LogP contribution in [0.15, 0.2) is 91.0 Å². The number of carbonyl (C=O) groups excluding carboxylic acids is 1. The van der Waals surface area contributed by atoms with Crippen LogP contribution >= 0.6 is 0 Å². The summed E-state index contributed by atoms with van der Waals surface area (Å²) < 4.78 is 24.7. The van der Waals surface area contributed by atoms with E-state index in [1.165, 1.54) is 4.90 Å². The second-order valence-electron chi connectivity index (χ2n) is 11.4. The fraction of sp³-hybridized carbons (Fsp3) is 0.424. The van der Waals surface area contributed by atoms with Crippen LogP contribution in [0.2, 0.25) is 0 Å². The molecule has 220 valence electrons. The van der Waals surface area contributed by atoms with Crippen molar-refractivity contribution in [1.29, 1.82) is 0 Å². The largest absolute Gasteiger partial charge is 0.444 e. The van der Waals surface area contributed by atoms with E-state index >= 15 is 0 Å². The van der Waals surface area contributed by atoms with Gasteiger partial charge in [0, 0.05) is 0 Å². The minimum absolute atomic E-state index is 0.0975. The van der Waals surface area contributed by atoms with Crippen molar-refractivity contribution in [2.45, 2.75) is 70.0 Å². The van der Waals surface area contributed by atoms with E-state index in [2.05, 4.69) is 0 Å². The van der Waals surface area contributed by atoms with Gasteiger partial charge in [0.25, 0.3) is 0 Å². The van der Waals surface area contributed by atoms with E-state index in [1.807, 2.05) is 91.0 Å². The van der Waals surface area contributed by atoms with Gasteiger partial charge in [-0.05, 0) is 37.5 Å². The Morgan fingerprint density at radius 2 is 1.32 bits per heavy atom. The third-order valence-electron chi connectivity index (χ3n) is 6.91. The van der Waals surface area contributed by atoms with Crippen molar-refractivity contribution < 1.29 is 34.0 Å². The average Bonchev–Trinajstić information content (AvgIpc) is 2.97. The van der Waals surface area contributed by atoms with Crippen molar-refractivity contribution in [1.82, 2.24) is 4.90 Å². The predicted molar refractivity (Wildman–Crippen MR) is 155 cm³/mol. The zero-order valence-electron chi connectivity index (χ0n) is 24.0. The molecule has 1 amide bonds. The fourth-order valence-electron chi connectivity index (χ4n) is 4.88. The summed E-state index contributed by atoms with van der Waals surface area (Å²) >= 11 is 0. The summed E-state index contributed by atoms with van der Waals surface area (Å²) in [6.07, 6.45) is -2.46. The molecular weight excluding hydrogens is 522 g/mol. The SMILES string of the molecule is CC(C)(C)OC(=O)N1C[C@@](O)(CO)[C@@H](OCc2ccccc2)[C@H](OCc2ccccc2)[C@@H]1COCc1ccccc1. The van der Waals surface area contributed by atoms with Gasteiger partial charge in [0.15, 0.2) is 0 Å². The van der Waals surface area contributed by atoms with Crippen LogP contribution in [0.25, 0.3) is 0 Å². The zero-order valence-corrected chi connectivity index (χ0v) is 24.0. The lowest BCUT2D eigenvalue weighted by Crippen LogP contribution is -2.72. The molecule has 1 aliphatic rings. The molecule has 1 saturated heterocycles. The maximum atomic E-state index is 13.5. The number of likely N-dealkylation sites (tertiary alicyclic amines) is 1. The summed E-state index contributed by atoms with van der Waals surface area (Å²) in [5.41, 5.74) is 0.215. The number of aliphatic hydroxyl groups is 2. The molecule has 3 aromatic rings. The highest BCUT2D eigenvalue weighted by Crippen LogP contribution is 2.34. The van der Waals surface area contributed by atoms with Gasteiger partial charge in [0.05, 0.1) is 45.6 Å². The first-order valence-corrected chi connectivity index (χ1v) is 13.9. The van der Waals surface area contributed by atoms with E-state index in [0.717, 1.165) is 16.7 Å². The minimum Gasteiger partial charge on any atom is -0.444 e. The minimum atomic E-state index is -1.82. The summed E-state index contributed by atoms with van der Waals surface area (Å²) in [5, 5.41) is 22.2. The van der Waals surface area contributed by atoms with Gasteiger partial charge in [-0.3, -0.25) is 4.90 Å². The highest BCUT2D eigenvalue weighted by Gasteiger charge is 2.55. The number of rotatable bonds is 11. The molecule has 1 fully saturated rings. The monoisotopic (exact) mass is 563 g/mol. The summed E-state index contributed by atoms with van der Waals surface area (Å²) in [7, 11) is 0. The molecule has 8 nitrogen and oxygen atoms in total. The summed E-state index contributed by atoms with van der Waals surface area (Å²) in [4.78, 5) is 14.9. The molecule has 41 heavy (non-hydrogen) atoms. The molecule has 4 atom stereocenters. The first-order valence-electron chi connectivity index (χ1n) is 13.9. The Bertz CT molecular complexity index is 1200. The topological polar surface area (TPSA) is 97.7 Å². The maximum Gasteiger partial charge on any atom is 0.410 e. The van der Waals surface area contributed by atoms with Gasteiger partial charge in [0.2, 0.25) is 0 Å². The van der Waals surface area contributed by atoms with E-state index in [9.17, 15) is 15.0 Å². The smallest absolute Gasteiger partial charge is 0.410 e. The molecule has 0 unspecified atom stereocenters. The number of β-amino-alcohol motifs (C(OH)–C–C–N with tert-alkyl or cyclic N) is 1. The standard InChI is InChI=1S/C33H41NO7/c1-32(2,3)41-31(36)34-23-33(37,24-35)30(40-21-27-17-11-6-12-18-27)29(39-20-26-15-9-5-10-16-26)28(34)22-38-19-25-13-7-4-8-14-25/h4-18,28-30,35,37H,19-24H2,1-3H3/t28-,29+,30-,33+/m0/s1. The second kappa shape index (κ2) is 14.1. The number of carbonyl (C=O) groups is 1. The Balaban J connectivity index is 1.66. The van der Waals surface area contributed by atoms with E-state index in [4.69, 9.17) is 18.9 Å².